The summed E-state index contributed by atoms with van der Waals surface area (Å²) in [6.45, 7) is 5.57. The standard InChI is InChI=1S/C11H17NOS/c1-9(2)5-6-12-8-10(13)11-4-3-7-14-11/h3-5,7,10,12-13H,6,8H2,1-2H3. The van der Waals surface area contributed by atoms with E-state index in [-0.39, 0.29) is 6.10 Å². The van der Waals surface area contributed by atoms with Gasteiger partial charge in [-0.3, -0.25) is 0 Å². The van der Waals surface area contributed by atoms with Crippen LogP contribution in [0.3, 0.4) is 0 Å². The molecule has 1 aromatic rings. The van der Waals surface area contributed by atoms with Crippen molar-refractivity contribution in [3.63, 3.8) is 0 Å². The molecule has 1 atom stereocenters. The third kappa shape index (κ3) is 4.05. The van der Waals surface area contributed by atoms with Crippen molar-refractivity contribution in [1.82, 2.24) is 5.32 Å². The van der Waals surface area contributed by atoms with E-state index < -0.39 is 0 Å². The summed E-state index contributed by atoms with van der Waals surface area (Å²) in [5.41, 5.74) is 1.29. The Balaban J connectivity index is 2.22. The highest BCUT2D eigenvalue weighted by Gasteiger charge is 2.06. The molecule has 0 aliphatic carbocycles. The SMILES string of the molecule is CC(C)=CCNCC(O)c1cccs1. The number of hydrogen-bond donors (Lipinski definition) is 2. The molecule has 0 radical (unpaired) electrons. The van der Waals surface area contributed by atoms with Gasteiger partial charge in [-0.15, -0.1) is 11.3 Å². The van der Waals surface area contributed by atoms with Crippen molar-refractivity contribution in [3.8, 4) is 0 Å². The maximum Gasteiger partial charge on any atom is 0.101 e. The number of hydrogen-bond acceptors (Lipinski definition) is 3. The van der Waals surface area contributed by atoms with E-state index in [1.54, 1.807) is 11.3 Å². The first kappa shape index (κ1) is 11.4. The third-order valence-corrected chi connectivity index (χ3v) is 2.84. The zero-order valence-corrected chi connectivity index (χ0v) is 9.47. The number of nitrogens with one attached hydrogen (secondary N) is 1. The van der Waals surface area contributed by atoms with E-state index in [1.165, 1.54) is 5.57 Å². The van der Waals surface area contributed by atoms with E-state index in [9.17, 15) is 5.11 Å². The molecular weight excluding hydrogens is 194 g/mol. The molecule has 3 heteroatoms. The Morgan fingerprint density at radius 1 is 1.64 bits per heavy atom. The van der Waals surface area contributed by atoms with Gasteiger partial charge in [0, 0.05) is 18.0 Å². The Hall–Kier alpha value is -0.640. The lowest BCUT2D eigenvalue weighted by molar-refractivity contribution is 0.180. The van der Waals surface area contributed by atoms with Gasteiger partial charge in [0.2, 0.25) is 0 Å². The molecule has 14 heavy (non-hydrogen) atoms. The molecule has 0 aliphatic heterocycles. The van der Waals surface area contributed by atoms with Crippen LogP contribution in [0, 0.1) is 0 Å². The second-order valence-electron chi connectivity index (χ2n) is 3.47. The average Bonchev–Trinajstić information content (AvgIpc) is 2.64. The molecular formula is C11H17NOS. The van der Waals surface area contributed by atoms with Crippen LogP contribution in [-0.4, -0.2) is 18.2 Å². The molecule has 0 fully saturated rings. The van der Waals surface area contributed by atoms with E-state index in [0.717, 1.165) is 11.4 Å². The topological polar surface area (TPSA) is 32.3 Å². The van der Waals surface area contributed by atoms with Crippen LogP contribution in [0.1, 0.15) is 24.8 Å². The van der Waals surface area contributed by atoms with Gasteiger partial charge in [-0.2, -0.15) is 0 Å². The number of allylic oxidation sites excluding steroid dienone is 1. The second-order valence-corrected chi connectivity index (χ2v) is 4.45. The first-order chi connectivity index (χ1) is 6.70. The summed E-state index contributed by atoms with van der Waals surface area (Å²) in [5, 5.41) is 14.9. The van der Waals surface area contributed by atoms with Gasteiger partial charge < -0.3 is 10.4 Å². The number of rotatable bonds is 5. The lowest BCUT2D eigenvalue weighted by atomic mass is 10.3. The Labute approximate surface area is 89.3 Å². The van der Waals surface area contributed by atoms with E-state index in [4.69, 9.17) is 0 Å². The summed E-state index contributed by atoms with van der Waals surface area (Å²) in [6, 6.07) is 3.91. The molecule has 1 rings (SSSR count). The smallest absolute Gasteiger partial charge is 0.101 e. The quantitative estimate of drug-likeness (QED) is 0.579. The van der Waals surface area contributed by atoms with Crippen LogP contribution in [0.5, 0.6) is 0 Å². The fourth-order valence-electron chi connectivity index (χ4n) is 1.08. The molecule has 0 spiro atoms. The molecule has 0 saturated heterocycles. The minimum atomic E-state index is -0.374. The minimum Gasteiger partial charge on any atom is -0.386 e. The maximum atomic E-state index is 9.70. The first-order valence-corrected chi connectivity index (χ1v) is 5.63. The van der Waals surface area contributed by atoms with Crippen molar-refractivity contribution in [2.75, 3.05) is 13.1 Å². The van der Waals surface area contributed by atoms with Gasteiger partial charge in [0.05, 0.1) is 0 Å². The lowest BCUT2D eigenvalue weighted by Gasteiger charge is -2.08. The molecule has 2 nitrogen and oxygen atoms in total. The van der Waals surface area contributed by atoms with Crippen LogP contribution >= 0.6 is 11.3 Å². The van der Waals surface area contributed by atoms with Crippen molar-refractivity contribution in [2.24, 2.45) is 0 Å². The summed E-state index contributed by atoms with van der Waals surface area (Å²) in [5.74, 6) is 0. The normalized spacial score (nSPS) is 12.5. The second kappa shape index (κ2) is 5.96. The van der Waals surface area contributed by atoms with E-state index in [2.05, 4.69) is 25.2 Å². The highest BCUT2D eigenvalue weighted by atomic mass is 32.1. The van der Waals surface area contributed by atoms with E-state index >= 15 is 0 Å². The molecule has 78 valence electrons. The largest absolute Gasteiger partial charge is 0.386 e. The molecule has 0 bridgehead atoms. The van der Waals surface area contributed by atoms with E-state index in [1.807, 2.05) is 17.5 Å². The minimum absolute atomic E-state index is 0.374. The van der Waals surface area contributed by atoms with Gasteiger partial charge in [0.1, 0.15) is 6.10 Å². The first-order valence-electron chi connectivity index (χ1n) is 4.75. The Morgan fingerprint density at radius 2 is 2.43 bits per heavy atom. The summed E-state index contributed by atoms with van der Waals surface area (Å²) in [4.78, 5) is 1.02. The Bertz CT molecular complexity index is 275. The predicted octanol–water partition coefficient (Wildman–Crippen LogP) is 2.34. The summed E-state index contributed by atoms with van der Waals surface area (Å²) in [6.07, 6.45) is 1.74. The third-order valence-electron chi connectivity index (χ3n) is 1.86. The molecule has 0 aromatic carbocycles. The van der Waals surface area contributed by atoms with Crippen LogP contribution in [-0.2, 0) is 0 Å². The zero-order valence-electron chi connectivity index (χ0n) is 8.66. The number of aliphatic hydroxyl groups is 1. The summed E-state index contributed by atoms with van der Waals surface area (Å²) in [7, 11) is 0. The molecule has 1 unspecified atom stereocenters. The average molecular weight is 211 g/mol. The molecule has 0 aliphatic rings. The predicted molar refractivity (Wildman–Crippen MR) is 61.6 cm³/mol. The molecule has 1 aromatic heterocycles. The van der Waals surface area contributed by atoms with Gasteiger partial charge in [-0.1, -0.05) is 17.7 Å². The molecule has 0 amide bonds. The van der Waals surface area contributed by atoms with Crippen molar-refractivity contribution in [1.29, 1.82) is 0 Å². The Kier molecular flexibility index (Phi) is 4.87. The van der Waals surface area contributed by atoms with Gasteiger partial charge in [0.25, 0.3) is 0 Å². The summed E-state index contributed by atoms with van der Waals surface area (Å²) < 4.78 is 0. The molecule has 1 heterocycles. The van der Waals surface area contributed by atoms with Crippen molar-refractivity contribution in [2.45, 2.75) is 20.0 Å². The van der Waals surface area contributed by atoms with Crippen LogP contribution in [0.25, 0.3) is 0 Å². The lowest BCUT2D eigenvalue weighted by Crippen LogP contribution is -2.21. The van der Waals surface area contributed by atoms with Crippen LogP contribution in [0.2, 0.25) is 0 Å². The zero-order chi connectivity index (χ0) is 10.4. The van der Waals surface area contributed by atoms with Gasteiger partial charge in [0.15, 0.2) is 0 Å². The number of thiophene rings is 1. The maximum absolute atomic E-state index is 9.70. The van der Waals surface area contributed by atoms with Crippen molar-refractivity contribution < 1.29 is 5.11 Å². The van der Waals surface area contributed by atoms with Gasteiger partial charge >= 0.3 is 0 Å². The molecule has 0 saturated carbocycles. The molecule has 2 N–H and O–H groups in total. The fourth-order valence-corrected chi connectivity index (χ4v) is 1.79. The monoisotopic (exact) mass is 211 g/mol. The van der Waals surface area contributed by atoms with Crippen LogP contribution in [0.15, 0.2) is 29.2 Å². The van der Waals surface area contributed by atoms with Gasteiger partial charge in [-0.25, -0.2) is 0 Å². The summed E-state index contributed by atoms with van der Waals surface area (Å²) >= 11 is 1.59. The van der Waals surface area contributed by atoms with Gasteiger partial charge in [-0.05, 0) is 25.3 Å². The van der Waals surface area contributed by atoms with Crippen molar-refractivity contribution >= 4 is 11.3 Å². The van der Waals surface area contributed by atoms with Crippen LogP contribution in [0.4, 0.5) is 0 Å². The van der Waals surface area contributed by atoms with Crippen molar-refractivity contribution in [3.05, 3.63) is 34.0 Å². The highest BCUT2D eigenvalue weighted by Crippen LogP contribution is 2.17. The van der Waals surface area contributed by atoms with Crippen LogP contribution < -0.4 is 5.32 Å². The fraction of sp³-hybridized carbons (Fsp3) is 0.455. The highest BCUT2D eigenvalue weighted by molar-refractivity contribution is 7.10. The van der Waals surface area contributed by atoms with E-state index in [0.29, 0.717) is 6.54 Å². The Morgan fingerprint density at radius 3 is 3.00 bits per heavy atom. The number of aliphatic hydroxyl groups excluding tert-OH is 1.